The molecule has 1 aromatic carbocycles. The first-order valence-electron chi connectivity index (χ1n) is 8.34. The van der Waals surface area contributed by atoms with Crippen LogP contribution in [0.5, 0.6) is 0 Å². The van der Waals surface area contributed by atoms with Gasteiger partial charge in [0.05, 0.1) is 11.3 Å². The fourth-order valence-electron chi connectivity index (χ4n) is 3.09. The van der Waals surface area contributed by atoms with Crippen LogP contribution >= 0.6 is 0 Å². The molecule has 26 heavy (non-hydrogen) atoms. The summed E-state index contributed by atoms with van der Waals surface area (Å²) >= 11 is 0. The Morgan fingerprint density at radius 3 is 2.42 bits per heavy atom. The molecular weight excluding hydrogens is 345 g/mol. The number of nitrogens with zero attached hydrogens (tertiary/aromatic N) is 4. The summed E-state index contributed by atoms with van der Waals surface area (Å²) in [6, 6.07) is 9.11. The fourth-order valence-corrected chi connectivity index (χ4v) is 3.09. The number of halogens is 3. The highest BCUT2D eigenvalue weighted by Crippen LogP contribution is 2.36. The van der Waals surface area contributed by atoms with Crippen molar-refractivity contribution >= 4 is 11.4 Å². The van der Waals surface area contributed by atoms with Gasteiger partial charge in [0.1, 0.15) is 5.69 Å². The minimum Gasteiger partial charge on any atom is -0.363 e. The Bertz CT molecular complexity index is 772. The smallest absolute Gasteiger partial charge is 0.363 e. The second kappa shape index (κ2) is 7.41. The number of alkyl halides is 3. The monoisotopic (exact) mass is 365 g/mol. The van der Waals surface area contributed by atoms with E-state index < -0.39 is 11.7 Å². The zero-order valence-electron chi connectivity index (χ0n) is 14.4. The Morgan fingerprint density at radius 1 is 1.12 bits per heavy atom. The summed E-state index contributed by atoms with van der Waals surface area (Å²) < 4.78 is 39.2. The Hall–Kier alpha value is -2.48. The van der Waals surface area contributed by atoms with Gasteiger partial charge in [0.2, 0.25) is 0 Å². The third-order valence-electron chi connectivity index (χ3n) is 4.47. The van der Waals surface area contributed by atoms with Crippen molar-refractivity contribution in [2.45, 2.75) is 12.7 Å². The number of benzene rings is 1. The molecule has 8 heteroatoms. The van der Waals surface area contributed by atoms with E-state index in [4.69, 9.17) is 0 Å². The van der Waals surface area contributed by atoms with Crippen LogP contribution in [0.1, 0.15) is 11.3 Å². The zero-order valence-corrected chi connectivity index (χ0v) is 14.4. The van der Waals surface area contributed by atoms with E-state index in [1.807, 2.05) is 23.1 Å². The van der Waals surface area contributed by atoms with Gasteiger partial charge in [-0.15, -0.1) is 0 Å². The quantitative estimate of drug-likeness (QED) is 0.778. The second-order valence-electron chi connectivity index (χ2n) is 6.28. The van der Waals surface area contributed by atoms with Crippen molar-refractivity contribution in [3.63, 3.8) is 0 Å². The molecule has 5 nitrogen and oxygen atoms in total. The summed E-state index contributed by atoms with van der Waals surface area (Å²) in [5.74, 6) is 0. The van der Waals surface area contributed by atoms with Crippen molar-refractivity contribution in [1.82, 2.24) is 9.88 Å². The van der Waals surface area contributed by atoms with Crippen LogP contribution in [0.15, 0.2) is 42.6 Å². The SMILES string of the molecule is C[N+](=O)c1cc(C(F)(F)F)ccc1N1CCN(Cc2ccccn2)CC1. The van der Waals surface area contributed by atoms with E-state index in [1.165, 1.54) is 13.1 Å². The van der Waals surface area contributed by atoms with E-state index >= 15 is 0 Å². The van der Waals surface area contributed by atoms with E-state index in [1.54, 1.807) is 6.20 Å². The maximum atomic E-state index is 12.9. The number of anilines is 1. The topological polar surface area (TPSA) is 39.5 Å². The standard InChI is InChI=1S/C18H20F3N4O/c1-23(26)17-12-14(18(19,20)21)5-6-16(17)25-10-8-24(9-11-25)13-15-4-2-3-7-22-15/h2-7,12H,8-11,13H2,1H3/q+1. The van der Waals surface area contributed by atoms with E-state index in [0.717, 1.165) is 37.5 Å². The minimum atomic E-state index is -4.47. The van der Waals surface area contributed by atoms with Crippen LogP contribution in [0.25, 0.3) is 0 Å². The van der Waals surface area contributed by atoms with Crippen molar-refractivity contribution in [2.75, 3.05) is 38.1 Å². The lowest BCUT2D eigenvalue weighted by Crippen LogP contribution is -2.46. The van der Waals surface area contributed by atoms with E-state index in [0.29, 0.717) is 23.5 Å². The Morgan fingerprint density at radius 2 is 1.85 bits per heavy atom. The molecular formula is C18H20F3N4O+. The Kier molecular flexibility index (Phi) is 5.22. The van der Waals surface area contributed by atoms with Crippen molar-refractivity contribution < 1.29 is 17.9 Å². The second-order valence-corrected chi connectivity index (χ2v) is 6.28. The van der Waals surface area contributed by atoms with Gasteiger partial charge in [0.15, 0.2) is 7.05 Å². The van der Waals surface area contributed by atoms with Gasteiger partial charge in [-0.05, 0) is 24.3 Å². The molecule has 0 aliphatic carbocycles. The van der Waals surface area contributed by atoms with Gasteiger partial charge in [-0.1, -0.05) is 6.07 Å². The van der Waals surface area contributed by atoms with Crippen LogP contribution in [-0.4, -0.2) is 47.9 Å². The molecule has 2 aromatic rings. The molecule has 1 aromatic heterocycles. The number of aromatic nitrogens is 1. The fraction of sp³-hybridized carbons (Fsp3) is 0.389. The van der Waals surface area contributed by atoms with Gasteiger partial charge >= 0.3 is 6.18 Å². The number of piperazine rings is 1. The largest absolute Gasteiger partial charge is 0.416 e. The first-order valence-corrected chi connectivity index (χ1v) is 8.34. The zero-order chi connectivity index (χ0) is 18.7. The average molecular weight is 365 g/mol. The highest BCUT2D eigenvalue weighted by atomic mass is 19.4. The average Bonchev–Trinajstić information content (AvgIpc) is 2.62. The maximum absolute atomic E-state index is 12.9. The molecule has 0 spiro atoms. The molecule has 1 aliphatic heterocycles. The van der Waals surface area contributed by atoms with Crippen LogP contribution in [0, 0.1) is 4.91 Å². The van der Waals surface area contributed by atoms with Crippen LogP contribution in [-0.2, 0) is 12.7 Å². The van der Waals surface area contributed by atoms with Gasteiger partial charge in [-0.2, -0.15) is 13.2 Å². The van der Waals surface area contributed by atoms with Crippen LogP contribution in [0.4, 0.5) is 24.5 Å². The Labute approximate surface area is 149 Å². The first-order chi connectivity index (χ1) is 12.3. The molecule has 0 saturated carbocycles. The van der Waals surface area contributed by atoms with Gasteiger partial charge in [0.25, 0.3) is 5.69 Å². The number of nitroso groups, excluding NO2 is 1. The summed E-state index contributed by atoms with van der Waals surface area (Å²) in [5.41, 5.74) is 0.745. The van der Waals surface area contributed by atoms with E-state index in [-0.39, 0.29) is 5.69 Å². The summed E-state index contributed by atoms with van der Waals surface area (Å²) in [7, 11) is 1.22. The van der Waals surface area contributed by atoms with Gasteiger partial charge in [0, 0.05) is 54.7 Å². The lowest BCUT2D eigenvalue weighted by molar-refractivity contribution is -0.427. The highest BCUT2D eigenvalue weighted by molar-refractivity contribution is 5.64. The number of hydrogen-bond acceptors (Lipinski definition) is 4. The van der Waals surface area contributed by atoms with E-state index in [9.17, 15) is 18.1 Å². The van der Waals surface area contributed by atoms with Gasteiger partial charge in [-0.25, -0.2) is 0 Å². The normalized spacial score (nSPS) is 15.9. The molecule has 2 heterocycles. The first kappa shape index (κ1) is 18.3. The number of pyridine rings is 1. The predicted octanol–water partition coefficient (Wildman–Crippen LogP) is 3.46. The lowest BCUT2D eigenvalue weighted by Gasteiger charge is -2.35. The van der Waals surface area contributed by atoms with Crippen molar-refractivity contribution in [3.8, 4) is 0 Å². The minimum absolute atomic E-state index is 0.0398. The molecule has 3 rings (SSSR count). The Balaban J connectivity index is 1.72. The molecule has 0 amide bonds. The lowest BCUT2D eigenvalue weighted by atomic mass is 10.1. The third-order valence-corrected chi connectivity index (χ3v) is 4.47. The van der Waals surface area contributed by atoms with Crippen molar-refractivity contribution in [3.05, 3.63) is 58.8 Å². The van der Waals surface area contributed by atoms with Crippen LogP contribution < -0.4 is 4.90 Å². The van der Waals surface area contributed by atoms with Crippen LogP contribution in [0.2, 0.25) is 0 Å². The van der Waals surface area contributed by atoms with E-state index in [2.05, 4.69) is 9.88 Å². The molecule has 1 saturated heterocycles. The molecule has 0 atom stereocenters. The van der Waals surface area contributed by atoms with Crippen molar-refractivity contribution in [1.29, 1.82) is 0 Å². The molecule has 1 fully saturated rings. The summed E-state index contributed by atoms with van der Waals surface area (Å²) in [6.45, 7) is 3.51. The maximum Gasteiger partial charge on any atom is 0.416 e. The molecule has 138 valence electrons. The van der Waals surface area contributed by atoms with Gasteiger partial charge in [-0.3, -0.25) is 9.88 Å². The predicted molar refractivity (Wildman–Crippen MR) is 92.4 cm³/mol. The number of hydrogen-bond donors (Lipinski definition) is 0. The molecule has 0 radical (unpaired) electrons. The third kappa shape index (κ3) is 4.19. The number of rotatable bonds is 4. The summed E-state index contributed by atoms with van der Waals surface area (Å²) in [5, 5.41) is 0. The molecule has 1 aliphatic rings. The van der Waals surface area contributed by atoms with Crippen LogP contribution in [0.3, 0.4) is 0 Å². The summed E-state index contributed by atoms with van der Waals surface area (Å²) in [6.07, 6.45) is -2.71. The molecule has 0 N–H and O–H groups in total. The highest BCUT2D eigenvalue weighted by Gasteiger charge is 2.34. The summed E-state index contributed by atoms with van der Waals surface area (Å²) in [4.78, 5) is 20.3. The molecule has 0 unspecified atom stereocenters. The van der Waals surface area contributed by atoms with Crippen molar-refractivity contribution in [2.24, 2.45) is 0 Å². The molecule has 0 bridgehead atoms. The van der Waals surface area contributed by atoms with Gasteiger partial charge < -0.3 is 4.90 Å².